The van der Waals surface area contributed by atoms with E-state index in [1.54, 1.807) is 23.1 Å². The van der Waals surface area contributed by atoms with Gasteiger partial charge in [-0.1, -0.05) is 23.4 Å². The van der Waals surface area contributed by atoms with Crippen molar-refractivity contribution in [2.24, 2.45) is 0 Å². The number of thiophene rings is 1. The van der Waals surface area contributed by atoms with Crippen molar-refractivity contribution in [3.63, 3.8) is 0 Å². The minimum atomic E-state index is 0.722. The highest BCUT2D eigenvalue weighted by Crippen LogP contribution is 2.33. The molecule has 0 aliphatic carbocycles. The maximum Gasteiger partial charge on any atom is 0.166 e. The summed E-state index contributed by atoms with van der Waals surface area (Å²) in [7, 11) is 0. The van der Waals surface area contributed by atoms with Gasteiger partial charge >= 0.3 is 0 Å². The molecule has 1 aliphatic heterocycles. The lowest BCUT2D eigenvalue weighted by Gasteiger charge is -2.29. The average Bonchev–Trinajstić information content (AvgIpc) is 3.16. The summed E-state index contributed by atoms with van der Waals surface area (Å²) in [6, 6.07) is 2.03. The van der Waals surface area contributed by atoms with E-state index < -0.39 is 0 Å². The van der Waals surface area contributed by atoms with Crippen molar-refractivity contribution in [2.75, 3.05) is 18.0 Å². The Kier molecular flexibility index (Phi) is 4.46. The van der Waals surface area contributed by atoms with Crippen LogP contribution < -0.4 is 4.90 Å². The minimum Gasteiger partial charge on any atom is -0.370 e. The summed E-state index contributed by atoms with van der Waals surface area (Å²) in [5, 5.41) is 5.84. The molecule has 0 aromatic carbocycles. The van der Waals surface area contributed by atoms with E-state index in [0.29, 0.717) is 0 Å². The van der Waals surface area contributed by atoms with Crippen LogP contribution in [0.1, 0.15) is 25.0 Å². The van der Waals surface area contributed by atoms with Crippen LogP contribution in [0.5, 0.6) is 0 Å². The summed E-state index contributed by atoms with van der Waals surface area (Å²) >= 11 is 9.93. The summed E-state index contributed by atoms with van der Waals surface area (Å²) in [4.78, 5) is 14.7. The molecule has 0 unspecified atom stereocenters. The van der Waals surface area contributed by atoms with Crippen molar-refractivity contribution in [1.29, 1.82) is 0 Å². The molecule has 1 fully saturated rings. The Hall–Kier alpha value is -1.24. The second kappa shape index (κ2) is 6.71. The highest BCUT2D eigenvalue weighted by Gasteiger charge is 2.17. The number of rotatable bonds is 4. The van der Waals surface area contributed by atoms with Gasteiger partial charge < -0.3 is 9.88 Å². The van der Waals surface area contributed by atoms with Gasteiger partial charge in [0.25, 0.3) is 0 Å². The van der Waals surface area contributed by atoms with Crippen LogP contribution in [-0.2, 0) is 5.75 Å². The molecule has 0 radical (unpaired) electrons. The fraction of sp³-hybridized carbons (Fsp3) is 0.375. The summed E-state index contributed by atoms with van der Waals surface area (Å²) < 4.78 is 0. The highest BCUT2D eigenvalue weighted by molar-refractivity contribution is 7.98. The zero-order valence-corrected chi connectivity index (χ0v) is 15.0. The van der Waals surface area contributed by atoms with Crippen LogP contribution in [0.4, 0.5) is 5.69 Å². The third kappa shape index (κ3) is 3.20. The van der Waals surface area contributed by atoms with E-state index >= 15 is 0 Å². The largest absolute Gasteiger partial charge is 0.370 e. The second-order valence-corrected chi connectivity index (χ2v) is 7.73. The third-order valence-corrected chi connectivity index (χ3v) is 6.12. The zero-order chi connectivity index (χ0) is 15.6. The van der Waals surface area contributed by atoms with Crippen molar-refractivity contribution in [3.8, 4) is 0 Å². The predicted molar refractivity (Wildman–Crippen MR) is 98.8 cm³/mol. The molecule has 120 valence electrons. The first-order chi connectivity index (χ1) is 11.3. The zero-order valence-electron chi connectivity index (χ0n) is 12.6. The number of thioether (sulfide) groups is 1. The lowest BCUT2D eigenvalue weighted by molar-refractivity contribution is 0.577. The summed E-state index contributed by atoms with van der Waals surface area (Å²) in [6.45, 7) is 2.18. The summed E-state index contributed by atoms with van der Waals surface area (Å²) in [5.74, 6) is 0.722. The number of aromatic amines is 1. The molecule has 4 nitrogen and oxygen atoms in total. The van der Waals surface area contributed by atoms with Crippen LogP contribution in [0, 0.1) is 0 Å². The number of hydrogen-bond acceptors (Lipinski definition) is 5. The van der Waals surface area contributed by atoms with Crippen molar-refractivity contribution in [3.05, 3.63) is 33.7 Å². The fourth-order valence-corrected chi connectivity index (χ4v) is 4.79. The monoisotopic (exact) mass is 364 g/mol. The highest BCUT2D eigenvalue weighted by atomic mass is 35.5. The number of nitrogens with zero attached hydrogens (tertiary/aromatic N) is 3. The first-order valence-electron chi connectivity index (χ1n) is 7.74. The van der Waals surface area contributed by atoms with Gasteiger partial charge in [-0.05, 0) is 25.3 Å². The molecule has 23 heavy (non-hydrogen) atoms. The van der Waals surface area contributed by atoms with Gasteiger partial charge in [-0.2, -0.15) is 0 Å². The number of H-pyrrole nitrogens is 1. The van der Waals surface area contributed by atoms with Gasteiger partial charge in [-0.15, -0.1) is 11.3 Å². The molecule has 0 saturated carbocycles. The molecule has 1 N–H and O–H groups in total. The Morgan fingerprint density at radius 1 is 1.26 bits per heavy atom. The molecular weight excluding hydrogens is 348 g/mol. The fourth-order valence-electron chi connectivity index (χ4n) is 2.88. The maximum atomic E-state index is 6.62. The van der Waals surface area contributed by atoms with Gasteiger partial charge in [0.1, 0.15) is 5.52 Å². The Morgan fingerprint density at radius 3 is 2.96 bits per heavy atom. The second-order valence-electron chi connectivity index (χ2n) is 5.64. The number of hydrogen-bond donors (Lipinski definition) is 1. The van der Waals surface area contributed by atoms with Crippen molar-refractivity contribution in [1.82, 2.24) is 15.0 Å². The number of pyridine rings is 1. The maximum absolute atomic E-state index is 6.62. The van der Waals surface area contributed by atoms with Gasteiger partial charge in [0, 0.05) is 35.8 Å². The lowest BCUT2D eigenvalue weighted by Crippen LogP contribution is -2.29. The first-order valence-corrected chi connectivity index (χ1v) is 10.0. The standard InChI is InChI=1S/C16H17ClN4S2/c17-15-13(10-23-16-19-11-8-22-9-12(11)20-16)18-5-4-14(15)21-6-2-1-3-7-21/h4-5,8-9H,1-3,6-7,10H2,(H,19,20). The van der Waals surface area contributed by atoms with E-state index in [-0.39, 0.29) is 0 Å². The number of aromatic nitrogens is 3. The van der Waals surface area contributed by atoms with Crippen LogP contribution in [0.3, 0.4) is 0 Å². The van der Waals surface area contributed by atoms with Crippen LogP contribution >= 0.6 is 34.7 Å². The van der Waals surface area contributed by atoms with Crippen molar-refractivity contribution >= 4 is 51.4 Å². The minimum absolute atomic E-state index is 0.722. The van der Waals surface area contributed by atoms with Crippen molar-refractivity contribution in [2.45, 2.75) is 30.2 Å². The molecule has 3 aromatic heterocycles. The molecule has 7 heteroatoms. The Morgan fingerprint density at radius 2 is 2.13 bits per heavy atom. The normalized spacial score (nSPS) is 15.4. The average molecular weight is 365 g/mol. The molecular formula is C16H17ClN4S2. The number of imidazole rings is 1. The number of fused-ring (bicyclic) bond motifs is 1. The van der Waals surface area contributed by atoms with Crippen LogP contribution in [0.15, 0.2) is 28.2 Å². The molecule has 1 aliphatic rings. The molecule has 0 spiro atoms. The van der Waals surface area contributed by atoms with Crippen LogP contribution in [0.2, 0.25) is 5.02 Å². The van der Waals surface area contributed by atoms with Gasteiger partial charge in [0.15, 0.2) is 5.16 Å². The number of nitrogens with one attached hydrogen (secondary N) is 1. The van der Waals surface area contributed by atoms with E-state index in [1.807, 2.05) is 12.3 Å². The lowest BCUT2D eigenvalue weighted by atomic mass is 10.1. The molecule has 0 bridgehead atoms. The molecule has 4 rings (SSSR count). The van der Waals surface area contributed by atoms with Crippen LogP contribution in [0.25, 0.3) is 11.0 Å². The van der Waals surface area contributed by atoms with E-state index in [0.717, 1.165) is 51.4 Å². The van der Waals surface area contributed by atoms with E-state index in [9.17, 15) is 0 Å². The van der Waals surface area contributed by atoms with E-state index in [4.69, 9.17) is 11.6 Å². The topological polar surface area (TPSA) is 44.8 Å². The first kappa shape index (κ1) is 15.3. The summed E-state index contributed by atoms with van der Waals surface area (Å²) in [6.07, 6.45) is 5.67. The van der Waals surface area contributed by atoms with Gasteiger partial charge in [-0.25, -0.2) is 4.98 Å². The third-order valence-electron chi connectivity index (χ3n) is 4.09. The van der Waals surface area contributed by atoms with Gasteiger partial charge in [0.2, 0.25) is 0 Å². The number of piperidine rings is 1. The molecule has 3 aromatic rings. The quantitative estimate of drug-likeness (QED) is 0.665. The van der Waals surface area contributed by atoms with Gasteiger partial charge in [-0.3, -0.25) is 4.98 Å². The summed E-state index contributed by atoms with van der Waals surface area (Å²) in [5.41, 5.74) is 4.17. The molecule has 1 saturated heterocycles. The Bertz CT molecular complexity index is 779. The Balaban J connectivity index is 1.50. The number of halogens is 1. The molecule has 4 heterocycles. The van der Waals surface area contributed by atoms with Gasteiger partial charge in [0.05, 0.1) is 21.9 Å². The van der Waals surface area contributed by atoms with Crippen LogP contribution in [-0.4, -0.2) is 28.0 Å². The number of anilines is 1. The van der Waals surface area contributed by atoms with Crippen molar-refractivity contribution < 1.29 is 0 Å². The Labute approximate surface area is 148 Å². The SMILES string of the molecule is Clc1c(N2CCCCC2)ccnc1CSc1nc2cscc2[nH]1. The van der Waals surface area contributed by atoms with E-state index in [2.05, 4.69) is 30.6 Å². The molecule has 0 atom stereocenters. The van der Waals surface area contributed by atoms with E-state index in [1.165, 1.54) is 19.3 Å². The predicted octanol–water partition coefficient (Wildman–Crippen LogP) is 4.96. The molecule has 0 amide bonds. The smallest absolute Gasteiger partial charge is 0.166 e.